The van der Waals surface area contributed by atoms with Gasteiger partial charge < -0.3 is 20.9 Å². The molecule has 5 nitrogen and oxygen atoms in total. The maximum Gasteiger partial charge on any atom is 0.172 e. The molecule has 0 amide bonds. The van der Waals surface area contributed by atoms with Gasteiger partial charge >= 0.3 is 0 Å². The molecule has 4 N–H and O–H groups in total. The van der Waals surface area contributed by atoms with Crippen molar-refractivity contribution in [2.24, 2.45) is 10.9 Å². The fourth-order valence-corrected chi connectivity index (χ4v) is 2.00. The van der Waals surface area contributed by atoms with Gasteiger partial charge in [0.05, 0.1) is 0 Å². The number of rotatable bonds is 7. The Bertz CT molecular complexity index is 433. The van der Waals surface area contributed by atoms with E-state index in [9.17, 15) is 0 Å². The van der Waals surface area contributed by atoms with Crippen molar-refractivity contribution in [2.45, 2.75) is 26.2 Å². The second-order valence-corrected chi connectivity index (χ2v) is 4.71. The number of nitrogens with two attached hydrogens (primary N) is 1. The van der Waals surface area contributed by atoms with E-state index in [1.54, 1.807) is 0 Å². The quantitative estimate of drug-likeness (QED) is 0.230. The zero-order chi connectivity index (χ0) is 14.3. The van der Waals surface area contributed by atoms with Crippen molar-refractivity contribution >= 4 is 11.5 Å². The van der Waals surface area contributed by atoms with Gasteiger partial charge in [0.2, 0.25) is 0 Å². The standard InChI is InChI=1S/C14H23N3O2/c1-11-6-7-13(12(10-11)14(15)16-19)17(2)8-4-3-5-9-18/h6-7,10,18-19H,3-5,8-9H2,1-2H3,(H2,15,16). The van der Waals surface area contributed by atoms with Gasteiger partial charge in [-0.2, -0.15) is 0 Å². The largest absolute Gasteiger partial charge is 0.409 e. The van der Waals surface area contributed by atoms with E-state index in [0.717, 1.165) is 42.6 Å². The molecule has 0 bridgehead atoms. The van der Waals surface area contributed by atoms with E-state index in [4.69, 9.17) is 16.0 Å². The summed E-state index contributed by atoms with van der Waals surface area (Å²) in [5.41, 5.74) is 8.48. The number of unbranched alkanes of at least 4 members (excludes halogenated alkanes) is 2. The molecule has 0 saturated heterocycles. The van der Waals surface area contributed by atoms with Gasteiger partial charge in [-0.3, -0.25) is 0 Å². The number of hydrogen-bond donors (Lipinski definition) is 3. The summed E-state index contributed by atoms with van der Waals surface area (Å²) < 4.78 is 0. The van der Waals surface area contributed by atoms with E-state index in [-0.39, 0.29) is 12.4 Å². The number of oxime groups is 1. The Hall–Kier alpha value is -1.75. The Balaban J connectivity index is 2.81. The molecule has 0 heterocycles. The van der Waals surface area contributed by atoms with Crippen LogP contribution < -0.4 is 10.6 Å². The average Bonchev–Trinajstić information content (AvgIpc) is 2.42. The maximum absolute atomic E-state index is 8.85. The fourth-order valence-electron chi connectivity index (χ4n) is 2.00. The summed E-state index contributed by atoms with van der Waals surface area (Å²) >= 11 is 0. The Morgan fingerprint density at radius 1 is 1.32 bits per heavy atom. The molecule has 1 aromatic carbocycles. The maximum atomic E-state index is 8.85. The van der Waals surface area contributed by atoms with Gasteiger partial charge in [-0.05, 0) is 38.3 Å². The molecule has 0 aliphatic heterocycles. The predicted molar refractivity (Wildman–Crippen MR) is 77.9 cm³/mol. The topological polar surface area (TPSA) is 82.1 Å². The number of anilines is 1. The Labute approximate surface area is 114 Å². The Kier molecular flexibility index (Phi) is 6.15. The zero-order valence-electron chi connectivity index (χ0n) is 11.6. The van der Waals surface area contributed by atoms with Gasteiger partial charge in [0, 0.05) is 31.5 Å². The van der Waals surface area contributed by atoms with Crippen LogP contribution in [0.4, 0.5) is 5.69 Å². The molecule has 0 fully saturated rings. The second kappa shape index (κ2) is 7.63. The molecule has 1 rings (SSSR count). The lowest BCUT2D eigenvalue weighted by molar-refractivity contribution is 0.283. The number of hydrogen-bond acceptors (Lipinski definition) is 4. The van der Waals surface area contributed by atoms with Crippen molar-refractivity contribution in [3.05, 3.63) is 29.3 Å². The molecule has 1 aromatic rings. The molecule has 5 heteroatoms. The normalized spacial score (nSPS) is 11.6. The van der Waals surface area contributed by atoms with Crippen molar-refractivity contribution in [1.82, 2.24) is 0 Å². The molecule has 19 heavy (non-hydrogen) atoms. The SMILES string of the molecule is Cc1ccc(N(C)CCCCCO)c(/C(N)=N/O)c1. The van der Waals surface area contributed by atoms with Gasteiger partial charge in [-0.15, -0.1) is 0 Å². The van der Waals surface area contributed by atoms with Crippen LogP contribution in [0.5, 0.6) is 0 Å². The minimum absolute atomic E-state index is 0.126. The van der Waals surface area contributed by atoms with Crippen LogP contribution in [0.25, 0.3) is 0 Å². The monoisotopic (exact) mass is 265 g/mol. The lowest BCUT2D eigenvalue weighted by Crippen LogP contribution is -2.24. The summed E-state index contributed by atoms with van der Waals surface area (Å²) in [6, 6.07) is 5.90. The lowest BCUT2D eigenvalue weighted by atomic mass is 10.1. The van der Waals surface area contributed by atoms with Crippen LogP contribution in [0.15, 0.2) is 23.4 Å². The number of aliphatic hydroxyl groups is 1. The highest BCUT2D eigenvalue weighted by Crippen LogP contribution is 2.21. The van der Waals surface area contributed by atoms with Crippen molar-refractivity contribution in [3.63, 3.8) is 0 Å². The molecule has 0 atom stereocenters. The van der Waals surface area contributed by atoms with E-state index < -0.39 is 0 Å². The number of aliphatic hydroxyl groups excluding tert-OH is 1. The first-order chi connectivity index (χ1) is 9.10. The Morgan fingerprint density at radius 3 is 2.68 bits per heavy atom. The first-order valence-electron chi connectivity index (χ1n) is 6.50. The average molecular weight is 265 g/mol. The molecule has 0 radical (unpaired) electrons. The van der Waals surface area contributed by atoms with Gasteiger partial charge in [0.15, 0.2) is 5.84 Å². The van der Waals surface area contributed by atoms with Gasteiger partial charge in [-0.1, -0.05) is 16.8 Å². The molecule has 106 valence electrons. The third-order valence-corrected chi connectivity index (χ3v) is 3.10. The molecule has 0 saturated carbocycles. The third kappa shape index (κ3) is 4.44. The van der Waals surface area contributed by atoms with E-state index >= 15 is 0 Å². The number of nitrogens with zero attached hydrogens (tertiary/aromatic N) is 2. The summed E-state index contributed by atoms with van der Waals surface area (Å²) in [4.78, 5) is 2.09. The van der Waals surface area contributed by atoms with Crippen molar-refractivity contribution in [2.75, 3.05) is 25.1 Å². The van der Waals surface area contributed by atoms with Gasteiger partial charge in [0.25, 0.3) is 0 Å². The predicted octanol–water partition coefficient (Wildman–Crippen LogP) is 1.69. The molecule has 0 aliphatic rings. The molecule has 0 unspecified atom stereocenters. The smallest absolute Gasteiger partial charge is 0.172 e. The number of aryl methyl sites for hydroxylation is 1. The van der Waals surface area contributed by atoms with E-state index in [0.29, 0.717) is 0 Å². The summed E-state index contributed by atoms with van der Waals surface area (Å²) in [5, 5.41) is 20.7. The van der Waals surface area contributed by atoms with E-state index in [1.165, 1.54) is 0 Å². The summed E-state index contributed by atoms with van der Waals surface area (Å²) in [6.07, 6.45) is 2.82. The van der Waals surface area contributed by atoms with Crippen LogP contribution in [0.2, 0.25) is 0 Å². The van der Waals surface area contributed by atoms with Crippen molar-refractivity contribution in [1.29, 1.82) is 0 Å². The van der Waals surface area contributed by atoms with E-state index in [1.807, 2.05) is 32.2 Å². The van der Waals surface area contributed by atoms with Gasteiger partial charge in [-0.25, -0.2) is 0 Å². The highest BCUT2D eigenvalue weighted by Gasteiger charge is 2.11. The highest BCUT2D eigenvalue weighted by atomic mass is 16.4. The minimum Gasteiger partial charge on any atom is -0.409 e. The number of benzene rings is 1. The first kappa shape index (κ1) is 15.3. The van der Waals surface area contributed by atoms with Crippen LogP contribution in [0.3, 0.4) is 0 Å². The minimum atomic E-state index is 0.126. The Morgan fingerprint density at radius 2 is 2.05 bits per heavy atom. The number of amidine groups is 1. The van der Waals surface area contributed by atoms with Crippen LogP contribution in [0, 0.1) is 6.92 Å². The van der Waals surface area contributed by atoms with Crippen LogP contribution >= 0.6 is 0 Å². The van der Waals surface area contributed by atoms with Gasteiger partial charge in [0.1, 0.15) is 0 Å². The molecular formula is C14H23N3O2. The van der Waals surface area contributed by atoms with Crippen molar-refractivity contribution in [3.8, 4) is 0 Å². The second-order valence-electron chi connectivity index (χ2n) is 4.71. The summed E-state index contributed by atoms with van der Waals surface area (Å²) in [6.45, 7) is 3.08. The first-order valence-corrected chi connectivity index (χ1v) is 6.50. The lowest BCUT2D eigenvalue weighted by Gasteiger charge is -2.22. The molecule has 0 aliphatic carbocycles. The summed E-state index contributed by atoms with van der Waals surface area (Å²) in [5.74, 6) is 0.126. The summed E-state index contributed by atoms with van der Waals surface area (Å²) in [7, 11) is 1.98. The van der Waals surface area contributed by atoms with Crippen LogP contribution in [0.1, 0.15) is 30.4 Å². The highest BCUT2D eigenvalue weighted by molar-refractivity contribution is 6.02. The zero-order valence-corrected chi connectivity index (χ0v) is 11.6. The van der Waals surface area contributed by atoms with Crippen LogP contribution in [-0.2, 0) is 0 Å². The molecule has 0 spiro atoms. The fraction of sp³-hybridized carbons (Fsp3) is 0.500. The molecule has 0 aromatic heterocycles. The van der Waals surface area contributed by atoms with Crippen LogP contribution in [-0.4, -0.2) is 36.3 Å². The molecular weight excluding hydrogens is 242 g/mol. The van der Waals surface area contributed by atoms with Crippen molar-refractivity contribution < 1.29 is 10.3 Å². The third-order valence-electron chi connectivity index (χ3n) is 3.10. The van der Waals surface area contributed by atoms with E-state index in [2.05, 4.69) is 10.1 Å².